The number of hydrogen-bond acceptors (Lipinski definition) is 3. The van der Waals surface area contributed by atoms with Crippen LogP contribution in [0.25, 0.3) is 0 Å². The maximum Gasteiger partial charge on any atom is 0.326 e. The summed E-state index contributed by atoms with van der Waals surface area (Å²) < 4.78 is 0. The predicted octanol–water partition coefficient (Wildman–Crippen LogP) is 0.362. The molecule has 0 saturated carbocycles. The normalized spacial score (nSPS) is 11.7. The molecule has 102 valence electrons. The van der Waals surface area contributed by atoms with Crippen molar-refractivity contribution in [3.05, 3.63) is 34.9 Å². The SMILES string of the molecule is Cc1ccc(C(=O)N[C@@H](CC(N)=O)C(=O)O)c(C)c1. The van der Waals surface area contributed by atoms with Crippen LogP contribution < -0.4 is 11.1 Å². The Hall–Kier alpha value is -2.37. The Morgan fingerprint density at radius 1 is 1.32 bits per heavy atom. The minimum Gasteiger partial charge on any atom is -0.480 e. The van der Waals surface area contributed by atoms with Gasteiger partial charge in [0.25, 0.3) is 5.91 Å². The number of aryl methyl sites for hydroxylation is 2. The molecule has 0 bridgehead atoms. The van der Waals surface area contributed by atoms with Crippen molar-refractivity contribution in [3.63, 3.8) is 0 Å². The van der Waals surface area contributed by atoms with Gasteiger partial charge in [-0.2, -0.15) is 0 Å². The Balaban J connectivity index is 2.87. The highest BCUT2D eigenvalue weighted by atomic mass is 16.4. The maximum atomic E-state index is 11.9. The number of rotatable bonds is 5. The van der Waals surface area contributed by atoms with Gasteiger partial charge in [0.05, 0.1) is 6.42 Å². The number of carboxylic acid groups (broad SMARTS) is 1. The van der Waals surface area contributed by atoms with Gasteiger partial charge in [0, 0.05) is 5.56 Å². The molecule has 0 radical (unpaired) electrons. The third-order valence-electron chi connectivity index (χ3n) is 2.64. The number of primary amides is 1. The van der Waals surface area contributed by atoms with Crippen molar-refractivity contribution in [1.82, 2.24) is 5.32 Å². The van der Waals surface area contributed by atoms with Gasteiger partial charge in [0.15, 0.2) is 0 Å². The van der Waals surface area contributed by atoms with Crippen LogP contribution in [0.4, 0.5) is 0 Å². The van der Waals surface area contributed by atoms with Gasteiger partial charge < -0.3 is 16.2 Å². The summed E-state index contributed by atoms with van der Waals surface area (Å²) in [6.07, 6.45) is -0.439. The van der Waals surface area contributed by atoms with Crippen LogP contribution in [0.5, 0.6) is 0 Å². The van der Waals surface area contributed by atoms with E-state index in [0.29, 0.717) is 5.56 Å². The van der Waals surface area contributed by atoms with Crippen molar-refractivity contribution >= 4 is 17.8 Å². The number of carboxylic acids is 1. The number of benzene rings is 1. The molecule has 0 spiro atoms. The summed E-state index contributed by atoms with van der Waals surface area (Å²) in [5.74, 6) is -2.61. The van der Waals surface area contributed by atoms with Gasteiger partial charge in [-0.25, -0.2) is 4.79 Å². The molecule has 6 nitrogen and oxygen atoms in total. The summed E-state index contributed by atoms with van der Waals surface area (Å²) in [7, 11) is 0. The second kappa shape index (κ2) is 5.99. The molecular formula is C13H16N2O4. The number of carbonyl (C=O) groups is 3. The lowest BCUT2D eigenvalue weighted by atomic mass is 10.0. The number of nitrogens with one attached hydrogen (secondary N) is 1. The lowest BCUT2D eigenvalue weighted by molar-refractivity contribution is -0.140. The molecule has 1 aromatic rings. The summed E-state index contributed by atoms with van der Waals surface area (Å²) in [6, 6.07) is 3.87. The molecule has 1 rings (SSSR count). The Morgan fingerprint density at radius 2 is 1.95 bits per heavy atom. The third-order valence-corrected chi connectivity index (χ3v) is 2.64. The van der Waals surface area contributed by atoms with Gasteiger partial charge in [-0.15, -0.1) is 0 Å². The first-order valence-corrected chi connectivity index (χ1v) is 5.70. The van der Waals surface area contributed by atoms with Crippen LogP contribution in [0.3, 0.4) is 0 Å². The lowest BCUT2D eigenvalue weighted by Gasteiger charge is -2.14. The lowest BCUT2D eigenvalue weighted by Crippen LogP contribution is -2.43. The number of hydrogen-bond donors (Lipinski definition) is 3. The molecule has 2 amide bonds. The summed E-state index contributed by atoms with van der Waals surface area (Å²) >= 11 is 0. The van der Waals surface area contributed by atoms with Gasteiger partial charge in [-0.1, -0.05) is 17.7 Å². The van der Waals surface area contributed by atoms with E-state index in [0.717, 1.165) is 11.1 Å². The Morgan fingerprint density at radius 3 is 2.42 bits per heavy atom. The second-order valence-corrected chi connectivity index (χ2v) is 4.35. The molecule has 6 heteroatoms. The zero-order chi connectivity index (χ0) is 14.6. The van der Waals surface area contributed by atoms with E-state index in [4.69, 9.17) is 10.8 Å². The fourth-order valence-corrected chi connectivity index (χ4v) is 1.71. The van der Waals surface area contributed by atoms with E-state index in [1.807, 2.05) is 13.0 Å². The van der Waals surface area contributed by atoms with Crippen molar-refractivity contribution in [2.75, 3.05) is 0 Å². The van der Waals surface area contributed by atoms with E-state index in [1.165, 1.54) is 0 Å². The molecule has 0 saturated heterocycles. The molecule has 4 N–H and O–H groups in total. The minimum atomic E-state index is -1.31. The zero-order valence-corrected chi connectivity index (χ0v) is 10.8. The van der Waals surface area contributed by atoms with Crippen molar-refractivity contribution in [3.8, 4) is 0 Å². The Labute approximate surface area is 110 Å². The second-order valence-electron chi connectivity index (χ2n) is 4.35. The number of nitrogens with two attached hydrogens (primary N) is 1. The molecule has 0 aromatic heterocycles. The van der Waals surface area contributed by atoms with E-state index < -0.39 is 30.2 Å². The molecule has 0 heterocycles. The summed E-state index contributed by atoms with van der Waals surface area (Å²) in [6.45, 7) is 3.65. The van der Waals surface area contributed by atoms with Crippen LogP contribution in [-0.2, 0) is 9.59 Å². The molecule has 1 atom stereocenters. The quantitative estimate of drug-likeness (QED) is 0.713. The number of aliphatic carboxylic acids is 1. The first-order valence-electron chi connectivity index (χ1n) is 5.70. The topological polar surface area (TPSA) is 109 Å². The van der Waals surface area contributed by atoms with Crippen LogP contribution in [0.2, 0.25) is 0 Å². The van der Waals surface area contributed by atoms with Crippen LogP contribution in [-0.4, -0.2) is 28.9 Å². The largest absolute Gasteiger partial charge is 0.480 e. The highest BCUT2D eigenvalue weighted by molar-refractivity contribution is 5.98. The third kappa shape index (κ3) is 4.09. The van der Waals surface area contributed by atoms with Crippen molar-refractivity contribution in [2.45, 2.75) is 26.3 Å². The van der Waals surface area contributed by atoms with Crippen molar-refractivity contribution in [1.29, 1.82) is 0 Å². The van der Waals surface area contributed by atoms with E-state index in [2.05, 4.69) is 5.32 Å². The van der Waals surface area contributed by atoms with Gasteiger partial charge in [0.1, 0.15) is 6.04 Å². The first-order chi connectivity index (χ1) is 8.81. The summed E-state index contributed by atoms with van der Waals surface area (Å²) in [5, 5.41) is 11.2. The predicted molar refractivity (Wildman–Crippen MR) is 68.6 cm³/mol. The van der Waals surface area contributed by atoms with Crippen LogP contribution in [0, 0.1) is 13.8 Å². The smallest absolute Gasteiger partial charge is 0.326 e. The van der Waals surface area contributed by atoms with Gasteiger partial charge in [0.2, 0.25) is 5.91 Å². The molecule has 19 heavy (non-hydrogen) atoms. The van der Waals surface area contributed by atoms with E-state index in [9.17, 15) is 14.4 Å². The molecule has 0 aliphatic heterocycles. The first kappa shape index (κ1) is 14.7. The molecular weight excluding hydrogens is 248 g/mol. The van der Waals surface area contributed by atoms with Gasteiger partial charge >= 0.3 is 5.97 Å². The maximum absolute atomic E-state index is 11.9. The highest BCUT2D eigenvalue weighted by Gasteiger charge is 2.23. The molecule has 0 unspecified atom stereocenters. The molecule has 1 aromatic carbocycles. The van der Waals surface area contributed by atoms with E-state index in [-0.39, 0.29) is 0 Å². The average Bonchev–Trinajstić information content (AvgIpc) is 2.26. The molecule has 0 fully saturated rings. The number of carbonyl (C=O) groups excluding carboxylic acids is 2. The van der Waals surface area contributed by atoms with E-state index >= 15 is 0 Å². The zero-order valence-electron chi connectivity index (χ0n) is 10.8. The fraction of sp³-hybridized carbons (Fsp3) is 0.308. The Bertz CT molecular complexity index is 525. The van der Waals surface area contributed by atoms with Crippen LogP contribution in [0.1, 0.15) is 27.9 Å². The standard InChI is InChI=1S/C13H16N2O4/c1-7-3-4-9(8(2)5-7)12(17)15-10(13(18)19)6-11(14)16/h3-5,10H,6H2,1-2H3,(H2,14,16)(H,15,17)(H,18,19)/t10-/m0/s1. The van der Waals surface area contributed by atoms with Gasteiger partial charge in [-0.3, -0.25) is 9.59 Å². The summed E-state index contributed by atoms with van der Waals surface area (Å²) in [4.78, 5) is 33.6. The molecule has 0 aliphatic carbocycles. The Kier molecular flexibility index (Phi) is 4.63. The summed E-state index contributed by atoms with van der Waals surface area (Å²) in [5.41, 5.74) is 7.06. The highest BCUT2D eigenvalue weighted by Crippen LogP contribution is 2.10. The van der Waals surface area contributed by atoms with Crippen molar-refractivity contribution in [2.24, 2.45) is 5.73 Å². The van der Waals surface area contributed by atoms with E-state index in [1.54, 1.807) is 19.1 Å². The van der Waals surface area contributed by atoms with Crippen LogP contribution >= 0.6 is 0 Å². The number of amides is 2. The van der Waals surface area contributed by atoms with Gasteiger partial charge in [-0.05, 0) is 25.5 Å². The van der Waals surface area contributed by atoms with Crippen molar-refractivity contribution < 1.29 is 19.5 Å². The monoisotopic (exact) mass is 264 g/mol. The minimum absolute atomic E-state index is 0.376. The average molecular weight is 264 g/mol. The van der Waals surface area contributed by atoms with Crippen LogP contribution in [0.15, 0.2) is 18.2 Å². The molecule has 0 aliphatic rings. The fourth-order valence-electron chi connectivity index (χ4n) is 1.71.